The number of benzene rings is 1. The standard InChI is InChI=1S/C21H29N3O2/c1-14(2)24-12-9-16(13-21(24)10-11-21)15-3-5-17(6-4-15)22-18-7-8-19(25)23-20(18)26/h3-6,14,16,18,22H,7-13H2,1-2H3,(H,23,25,26)/t16-,18?/m0/s1. The Morgan fingerprint density at radius 2 is 1.88 bits per heavy atom. The lowest BCUT2D eigenvalue weighted by Crippen LogP contribution is -2.47. The van der Waals surface area contributed by atoms with Gasteiger partial charge in [-0.2, -0.15) is 0 Å². The van der Waals surface area contributed by atoms with Gasteiger partial charge in [-0.3, -0.25) is 19.8 Å². The third-order valence-corrected chi connectivity index (χ3v) is 6.37. The minimum Gasteiger partial charge on any atom is -0.374 e. The van der Waals surface area contributed by atoms with Crippen LogP contribution in [-0.2, 0) is 9.59 Å². The van der Waals surface area contributed by atoms with Crippen LogP contribution in [0.4, 0.5) is 5.69 Å². The normalized spacial score (nSPS) is 28.3. The van der Waals surface area contributed by atoms with E-state index in [4.69, 9.17) is 0 Å². The summed E-state index contributed by atoms with van der Waals surface area (Å²) in [5.74, 6) is 0.240. The zero-order valence-corrected chi connectivity index (χ0v) is 15.8. The van der Waals surface area contributed by atoms with Gasteiger partial charge in [0, 0.05) is 23.7 Å². The smallest absolute Gasteiger partial charge is 0.249 e. The Hall–Kier alpha value is -1.88. The van der Waals surface area contributed by atoms with Gasteiger partial charge in [-0.1, -0.05) is 12.1 Å². The zero-order chi connectivity index (χ0) is 18.3. The van der Waals surface area contributed by atoms with Gasteiger partial charge in [-0.15, -0.1) is 0 Å². The lowest BCUT2D eigenvalue weighted by Gasteiger charge is -2.43. The molecule has 5 heteroatoms. The Labute approximate surface area is 155 Å². The Morgan fingerprint density at radius 3 is 2.50 bits per heavy atom. The summed E-state index contributed by atoms with van der Waals surface area (Å²) in [5, 5.41) is 5.66. The molecular weight excluding hydrogens is 326 g/mol. The fraction of sp³-hybridized carbons (Fsp3) is 0.619. The van der Waals surface area contributed by atoms with Gasteiger partial charge in [-0.05, 0) is 76.1 Å². The van der Waals surface area contributed by atoms with Crippen LogP contribution in [0.5, 0.6) is 0 Å². The van der Waals surface area contributed by atoms with Crippen LogP contribution in [0.25, 0.3) is 0 Å². The van der Waals surface area contributed by atoms with Crippen molar-refractivity contribution in [1.29, 1.82) is 0 Å². The van der Waals surface area contributed by atoms with Gasteiger partial charge in [0.15, 0.2) is 0 Å². The Kier molecular flexibility index (Phi) is 4.51. The molecule has 2 saturated heterocycles. The number of piperidine rings is 2. The molecule has 5 nitrogen and oxygen atoms in total. The van der Waals surface area contributed by atoms with Gasteiger partial charge in [-0.25, -0.2) is 0 Å². The number of amides is 2. The van der Waals surface area contributed by atoms with Crippen LogP contribution in [0.3, 0.4) is 0 Å². The summed E-state index contributed by atoms with van der Waals surface area (Å²) in [7, 11) is 0. The van der Waals surface area contributed by atoms with Gasteiger partial charge >= 0.3 is 0 Å². The van der Waals surface area contributed by atoms with Crippen molar-refractivity contribution < 1.29 is 9.59 Å². The first-order valence-electron chi connectivity index (χ1n) is 9.94. The monoisotopic (exact) mass is 355 g/mol. The number of nitrogens with zero attached hydrogens (tertiary/aromatic N) is 1. The van der Waals surface area contributed by atoms with Crippen LogP contribution in [0.15, 0.2) is 24.3 Å². The molecule has 2 amide bonds. The number of rotatable bonds is 4. The highest BCUT2D eigenvalue weighted by atomic mass is 16.2. The van der Waals surface area contributed by atoms with Crippen LogP contribution in [-0.4, -0.2) is 40.9 Å². The van der Waals surface area contributed by atoms with Crippen LogP contribution >= 0.6 is 0 Å². The molecule has 1 saturated carbocycles. The number of imide groups is 1. The van der Waals surface area contributed by atoms with Crippen molar-refractivity contribution in [3.05, 3.63) is 29.8 Å². The molecule has 0 aromatic heterocycles. The van der Waals surface area contributed by atoms with Gasteiger partial charge in [0.05, 0.1) is 0 Å². The van der Waals surface area contributed by atoms with E-state index in [1.807, 2.05) is 0 Å². The summed E-state index contributed by atoms with van der Waals surface area (Å²) in [5.41, 5.74) is 2.82. The predicted molar refractivity (Wildman–Crippen MR) is 102 cm³/mol. The molecule has 0 radical (unpaired) electrons. The second-order valence-corrected chi connectivity index (χ2v) is 8.47. The number of carbonyl (C=O) groups excluding carboxylic acids is 2. The molecule has 140 valence electrons. The van der Waals surface area contributed by atoms with Crippen LogP contribution < -0.4 is 10.6 Å². The van der Waals surface area contributed by atoms with Crippen molar-refractivity contribution in [3.8, 4) is 0 Å². The first kappa shape index (κ1) is 17.5. The molecular formula is C21H29N3O2. The van der Waals surface area contributed by atoms with E-state index in [1.54, 1.807) is 0 Å². The van der Waals surface area contributed by atoms with Crippen molar-refractivity contribution in [1.82, 2.24) is 10.2 Å². The average Bonchev–Trinajstić information content (AvgIpc) is 3.37. The molecule has 3 fully saturated rings. The molecule has 1 unspecified atom stereocenters. The van der Waals surface area contributed by atoms with Gasteiger partial charge in [0.1, 0.15) is 6.04 Å². The average molecular weight is 355 g/mol. The van der Waals surface area contributed by atoms with E-state index < -0.39 is 0 Å². The van der Waals surface area contributed by atoms with Crippen LogP contribution in [0.1, 0.15) is 63.9 Å². The predicted octanol–water partition coefficient (Wildman–Crippen LogP) is 3.02. The largest absolute Gasteiger partial charge is 0.374 e. The fourth-order valence-corrected chi connectivity index (χ4v) is 4.82. The molecule has 2 N–H and O–H groups in total. The van der Waals surface area contributed by atoms with E-state index in [0.29, 0.717) is 30.3 Å². The van der Waals surface area contributed by atoms with Crippen molar-refractivity contribution in [2.45, 2.75) is 75.9 Å². The molecule has 1 aromatic carbocycles. The zero-order valence-electron chi connectivity index (χ0n) is 15.8. The maximum Gasteiger partial charge on any atom is 0.249 e. The van der Waals surface area contributed by atoms with Crippen LogP contribution in [0.2, 0.25) is 0 Å². The summed E-state index contributed by atoms with van der Waals surface area (Å²) in [6, 6.07) is 8.89. The molecule has 0 bridgehead atoms. The topological polar surface area (TPSA) is 61.4 Å². The Balaban J connectivity index is 1.39. The maximum atomic E-state index is 11.9. The number of carbonyl (C=O) groups is 2. The van der Waals surface area contributed by atoms with E-state index in [9.17, 15) is 9.59 Å². The van der Waals surface area contributed by atoms with Crippen molar-refractivity contribution in [2.24, 2.45) is 0 Å². The molecule has 2 heterocycles. The van der Waals surface area contributed by atoms with Crippen molar-refractivity contribution in [3.63, 3.8) is 0 Å². The van der Waals surface area contributed by atoms with E-state index >= 15 is 0 Å². The summed E-state index contributed by atoms with van der Waals surface area (Å²) in [6.07, 6.45) is 6.14. The molecule has 26 heavy (non-hydrogen) atoms. The quantitative estimate of drug-likeness (QED) is 0.815. The number of hydrogen-bond donors (Lipinski definition) is 2. The van der Waals surface area contributed by atoms with Crippen molar-refractivity contribution >= 4 is 17.5 Å². The lowest BCUT2D eigenvalue weighted by molar-refractivity contribution is -0.133. The first-order valence-corrected chi connectivity index (χ1v) is 9.94. The minimum absolute atomic E-state index is 0.176. The van der Waals surface area contributed by atoms with Crippen molar-refractivity contribution in [2.75, 3.05) is 11.9 Å². The van der Waals surface area contributed by atoms with E-state index in [0.717, 1.165) is 5.69 Å². The Bertz CT molecular complexity index is 694. The maximum absolute atomic E-state index is 11.9. The van der Waals surface area contributed by atoms with Gasteiger partial charge < -0.3 is 5.32 Å². The first-order chi connectivity index (χ1) is 12.5. The molecule has 2 atom stereocenters. The van der Waals surface area contributed by atoms with E-state index in [-0.39, 0.29) is 17.9 Å². The summed E-state index contributed by atoms with van der Waals surface area (Å²) < 4.78 is 0. The highest BCUT2D eigenvalue weighted by Crippen LogP contribution is 2.53. The number of nitrogens with one attached hydrogen (secondary N) is 2. The summed E-state index contributed by atoms with van der Waals surface area (Å²) in [4.78, 5) is 25.8. The number of anilines is 1. The molecule has 1 aromatic rings. The SMILES string of the molecule is CC(C)N1CC[C@H](c2ccc(NC3CCC(=O)NC3=O)cc2)CC12CC2. The lowest BCUT2D eigenvalue weighted by atomic mass is 9.83. The van der Waals surface area contributed by atoms with Gasteiger partial charge in [0.25, 0.3) is 0 Å². The third-order valence-electron chi connectivity index (χ3n) is 6.37. The summed E-state index contributed by atoms with van der Waals surface area (Å²) in [6.45, 7) is 5.82. The highest BCUT2D eigenvalue weighted by molar-refractivity contribution is 6.01. The molecule has 1 spiro atoms. The van der Waals surface area contributed by atoms with Gasteiger partial charge in [0.2, 0.25) is 11.8 Å². The second kappa shape index (κ2) is 6.69. The third kappa shape index (κ3) is 3.37. The molecule has 4 rings (SSSR count). The fourth-order valence-electron chi connectivity index (χ4n) is 4.82. The molecule has 3 aliphatic rings. The molecule has 1 aliphatic carbocycles. The number of likely N-dealkylation sites (tertiary alicyclic amines) is 1. The molecule has 2 aliphatic heterocycles. The number of hydrogen-bond acceptors (Lipinski definition) is 4. The van der Waals surface area contributed by atoms with Crippen LogP contribution in [0, 0.1) is 0 Å². The highest BCUT2D eigenvalue weighted by Gasteiger charge is 2.52. The Morgan fingerprint density at radius 1 is 1.15 bits per heavy atom. The minimum atomic E-state index is -0.317. The van der Waals surface area contributed by atoms with E-state index in [2.05, 4.69) is 53.6 Å². The van der Waals surface area contributed by atoms with E-state index in [1.165, 1.54) is 37.8 Å². The summed E-state index contributed by atoms with van der Waals surface area (Å²) >= 11 is 0. The second-order valence-electron chi connectivity index (χ2n) is 8.47.